The number of hydrogen-bond acceptors (Lipinski definition) is 3. The van der Waals surface area contributed by atoms with Crippen LogP contribution in [0.3, 0.4) is 0 Å². The first-order valence-electron chi connectivity index (χ1n) is 5.08. The molecule has 86 valence electrons. The summed E-state index contributed by atoms with van der Waals surface area (Å²) >= 11 is 0. The number of hydrogen-bond donors (Lipinski definition) is 1. The van der Waals surface area contributed by atoms with E-state index in [9.17, 15) is 4.79 Å². The normalized spacial score (nSPS) is 8.94. The minimum absolute atomic E-state index is 0.249. The lowest BCUT2D eigenvalue weighted by molar-refractivity contribution is 0.224. The fourth-order valence-electron chi connectivity index (χ4n) is 1.17. The van der Waals surface area contributed by atoms with E-state index in [1.165, 1.54) is 17.0 Å². The van der Waals surface area contributed by atoms with E-state index >= 15 is 0 Å². The highest BCUT2D eigenvalue weighted by atomic mass is 16.2. The molecule has 5 heteroatoms. The van der Waals surface area contributed by atoms with Crippen molar-refractivity contribution in [1.82, 2.24) is 4.90 Å². The molecule has 0 aliphatic heterocycles. The number of urea groups is 1. The summed E-state index contributed by atoms with van der Waals surface area (Å²) in [5.74, 6) is 0. The van der Waals surface area contributed by atoms with Crippen LogP contribution in [0.1, 0.15) is 18.1 Å². The van der Waals surface area contributed by atoms with Crippen LogP contribution in [0, 0.1) is 22.7 Å². The summed E-state index contributed by atoms with van der Waals surface area (Å²) in [7, 11) is 1.67. The zero-order valence-electron chi connectivity index (χ0n) is 9.69. The van der Waals surface area contributed by atoms with E-state index in [0.717, 1.165) is 0 Å². The van der Waals surface area contributed by atoms with Crippen molar-refractivity contribution in [3.05, 3.63) is 29.3 Å². The molecule has 0 aromatic heterocycles. The van der Waals surface area contributed by atoms with Gasteiger partial charge < -0.3 is 10.2 Å². The summed E-state index contributed by atoms with van der Waals surface area (Å²) < 4.78 is 0. The molecule has 0 unspecified atom stereocenters. The number of nitrogens with one attached hydrogen (secondary N) is 1. The number of carbonyl (C=O) groups excluding carboxylic acids is 1. The molecule has 17 heavy (non-hydrogen) atoms. The van der Waals surface area contributed by atoms with Gasteiger partial charge in [-0.2, -0.15) is 10.5 Å². The van der Waals surface area contributed by atoms with E-state index in [-0.39, 0.29) is 11.6 Å². The number of rotatable bonds is 2. The molecular weight excluding hydrogens is 216 g/mol. The van der Waals surface area contributed by atoms with Gasteiger partial charge in [-0.25, -0.2) is 4.79 Å². The molecule has 0 spiro atoms. The lowest BCUT2D eigenvalue weighted by atomic mass is 10.1. The predicted octanol–water partition coefficient (Wildman–Crippen LogP) is 1.91. The standard InChI is InChI=1S/C12H12N4O/c1-3-16(2)12(17)15-11-5-4-9(7-13)10(6-11)8-14/h4-6H,3H2,1-2H3,(H,15,17). The third-order valence-corrected chi connectivity index (χ3v) is 2.33. The van der Waals surface area contributed by atoms with Gasteiger partial charge in [0.1, 0.15) is 12.1 Å². The van der Waals surface area contributed by atoms with Crippen LogP contribution < -0.4 is 5.32 Å². The molecule has 0 aliphatic rings. The Morgan fingerprint density at radius 2 is 2.00 bits per heavy atom. The number of benzene rings is 1. The van der Waals surface area contributed by atoms with Crippen LogP contribution in [-0.4, -0.2) is 24.5 Å². The average molecular weight is 228 g/mol. The third kappa shape index (κ3) is 2.96. The number of anilines is 1. The minimum atomic E-state index is -0.249. The van der Waals surface area contributed by atoms with E-state index in [0.29, 0.717) is 17.8 Å². The van der Waals surface area contributed by atoms with E-state index in [1.807, 2.05) is 19.1 Å². The van der Waals surface area contributed by atoms with Crippen molar-refractivity contribution >= 4 is 11.7 Å². The Bertz CT molecular complexity index is 510. The largest absolute Gasteiger partial charge is 0.328 e. The number of nitrogens with zero attached hydrogens (tertiary/aromatic N) is 3. The maximum atomic E-state index is 11.6. The zero-order chi connectivity index (χ0) is 12.8. The predicted molar refractivity (Wildman–Crippen MR) is 63.2 cm³/mol. The van der Waals surface area contributed by atoms with Gasteiger partial charge in [-0.3, -0.25) is 0 Å². The van der Waals surface area contributed by atoms with Gasteiger partial charge in [0.05, 0.1) is 11.1 Å². The number of nitriles is 2. The summed E-state index contributed by atoms with van der Waals surface area (Å²) in [4.78, 5) is 13.1. The molecule has 0 bridgehead atoms. The van der Waals surface area contributed by atoms with E-state index in [1.54, 1.807) is 13.1 Å². The molecule has 1 aromatic carbocycles. The zero-order valence-corrected chi connectivity index (χ0v) is 9.69. The van der Waals surface area contributed by atoms with E-state index < -0.39 is 0 Å². The highest BCUT2D eigenvalue weighted by Crippen LogP contribution is 2.14. The fraction of sp³-hybridized carbons (Fsp3) is 0.250. The van der Waals surface area contributed by atoms with Gasteiger partial charge >= 0.3 is 6.03 Å². The maximum absolute atomic E-state index is 11.6. The van der Waals surface area contributed by atoms with Gasteiger partial charge in [-0.15, -0.1) is 0 Å². The van der Waals surface area contributed by atoms with E-state index in [4.69, 9.17) is 10.5 Å². The lowest BCUT2D eigenvalue weighted by Crippen LogP contribution is -2.30. The van der Waals surface area contributed by atoms with Crippen molar-refractivity contribution < 1.29 is 4.79 Å². The quantitative estimate of drug-likeness (QED) is 0.839. The fourth-order valence-corrected chi connectivity index (χ4v) is 1.17. The Balaban J connectivity index is 2.92. The second-order valence-electron chi connectivity index (χ2n) is 3.43. The van der Waals surface area contributed by atoms with Crippen molar-refractivity contribution in [1.29, 1.82) is 10.5 Å². The van der Waals surface area contributed by atoms with E-state index in [2.05, 4.69) is 5.32 Å². The number of carbonyl (C=O) groups is 1. The van der Waals surface area contributed by atoms with Crippen molar-refractivity contribution in [2.24, 2.45) is 0 Å². The first-order valence-corrected chi connectivity index (χ1v) is 5.08. The molecule has 5 nitrogen and oxygen atoms in total. The lowest BCUT2D eigenvalue weighted by Gasteiger charge is -2.15. The Kier molecular flexibility index (Phi) is 4.08. The Hall–Kier alpha value is -2.53. The summed E-state index contributed by atoms with van der Waals surface area (Å²) in [6, 6.07) is 8.18. The van der Waals surface area contributed by atoms with Crippen LogP contribution in [0.15, 0.2) is 18.2 Å². The summed E-state index contributed by atoms with van der Waals surface area (Å²) in [6.07, 6.45) is 0. The Morgan fingerprint density at radius 3 is 2.53 bits per heavy atom. The highest BCUT2D eigenvalue weighted by Gasteiger charge is 2.08. The second kappa shape index (κ2) is 5.53. The molecule has 0 fully saturated rings. The van der Waals surface area contributed by atoms with Gasteiger partial charge in [-0.1, -0.05) is 0 Å². The molecule has 0 saturated heterocycles. The first-order chi connectivity index (χ1) is 8.12. The van der Waals surface area contributed by atoms with Crippen molar-refractivity contribution in [2.75, 3.05) is 18.9 Å². The second-order valence-corrected chi connectivity index (χ2v) is 3.43. The van der Waals surface area contributed by atoms with Crippen LogP contribution in [0.2, 0.25) is 0 Å². The van der Waals surface area contributed by atoms with Crippen LogP contribution in [-0.2, 0) is 0 Å². The molecule has 1 N–H and O–H groups in total. The van der Waals surface area contributed by atoms with Gasteiger partial charge in [0.15, 0.2) is 0 Å². The average Bonchev–Trinajstić information content (AvgIpc) is 2.37. The molecule has 0 heterocycles. The highest BCUT2D eigenvalue weighted by molar-refractivity contribution is 5.89. The monoisotopic (exact) mass is 228 g/mol. The van der Waals surface area contributed by atoms with Crippen molar-refractivity contribution in [3.63, 3.8) is 0 Å². The van der Waals surface area contributed by atoms with Gasteiger partial charge in [0.2, 0.25) is 0 Å². The Morgan fingerprint density at radius 1 is 1.35 bits per heavy atom. The summed E-state index contributed by atoms with van der Waals surface area (Å²) in [5, 5.41) is 20.2. The topological polar surface area (TPSA) is 79.9 Å². The molecule has 0 radical (unpaired) electrons. The van der Waals surface area contributed by atoms with Crippen LogP contribution in [0.25, 0.3) is 0 Å². The van der Waals surface area contributed by atoms with Crippen LogP contribution >= 0.6 is 0 Å². The molecule has 0 aliphatic carbocycles. The molecule has 0 atom stereocenters. The van der Waals surface area contributed by atoms with Gasteiger partial charge in [0.25, 0.3) is 0 Å². The van der Waals surface area contributed by atoms with Gasteiger partial charge in [0, 0.05) is 19.3 Å². The molecular formula is C12H12N4O. The van der Waals surface area contributed by atoms with Gasteiger partial charge in [-0.05, 0) is 25.1 Å². The van der Waals surface area contributed by atoms with Crippen molar-refractivity contribution in [2.45, 2.75) is 6.92 Å². The summed E-state index contributed by atoms with van der Waals surface area (Å²) in [5.41, 5.74) is 1.06. The minimum Gasteiger partial charge on any atom is -0.328 e. The van der Waals surface area contributed by atoms with Crippen molar-refractivity contribution in [3.8, 4) is 12.1 Å². The smallest absolute Gasteiger partial charge is 0.321 e. The van der Waals surface area contributed by atoms with Crippen LogP contribution in [0.5, 0.6) is 0 Å². The SMILES string of the molecule is CCN(C)C(=O)Nc1ccc(C#N)c(C#N)c1. The molecule has 1 aromatic rings. The first kappa shape index (κ1) is 12.5. The maximum Gasteiger partial charge on any atom is 0.321 e. The van der Waals surface area contributed by atoms with Crippen LogP contribution in [0.4, 0.5) is 10.5 Å². The molecule has 1 rings (SSSR count). The molecule has 0 saturated carbocycles. The molecule has 2 amide bonds. The summed E-state index contributed by atoms with van der Waals surface area (Å²) in [6.45, 7) is 2.45. The number of amides is 2. The third-order valence-electron chi connectivity index (χ3n) is 2.33. The Labute approximate surface area is 99.9 Å².